The first-order valence-corrected chi connectivity index (χ1v) is 9.32. The van der Waals surface area contributed by atoms with Gasteiger partial charge in [0.25, 0.3) is 0 Å². The highest BCUT2D eigenvalue weighted by atomic mass is 32.2. The van der Waals surface area contributed by atoms with Gasteiger partial charge in [0.15, 0.2) is 22.4 Å². The Kier molecular flexibility index (Phi) is 4.07. The molecule has 1 aliphatic rings. The summed E-state index contributed by atoms with van der Waals surface area (Å²) in [4.78, 5) is 9.09. The van der Waals surface area contributed by atoms with Crippen molar-refractivity contribution in [2.24, 2.45) is 0 Å². The quantitative estimate of drug-likeness (QED) is 0.553. The minimum atomic E-state index is -0.817. The predicted octanol–water partition coefficient (Wildman–Crippen LogP) is 3.81. The molecule has 130 valence electrons. The van der Waals surface area contributed by atoms with E-state index in [9.17, 15) is 8.78 Å². The van der Waals surface area contributed by atoms with Gasteiger partial charge in [-0.1, -0.05) is 17.8 Å². The van der Waals surface area contributed by atoms with Crippen molar-refractivity contribution in [3.63, 3.8) is 0 Å². The van der Waals surface area contributed by atoms with Gasteiger partial charge in [-0.2, -0.15) is 5.10 Å². The molecule has 2 atom stereocenters. The van der Waals surface area contributed by atoms with Gasteiger partial charge in [0.05, 0.1) is 11.6 Å². The minimum absolute atomic E-state index is 0.141. The van der Waals surface area contributed by atoms with E-state index in [1.165, 1.54) is 23.9 Å². The monoisotopic (exact) mass is 361 g/mol. The minimum Gasteiger partial charge on any atom is -0.366 e. The Bertz CT molecular complexity index is 942. The van der Waals surface area contributed by atoms with E-state index in [-0.39, 0.29) is 12.0 Å². The molecule has 4 rings (SSSR count). The van der Waals surface area contributed by atoms with Crippen molar-refractivity contribution >= 4 is 28.6 Å². The van der Waals surface area contributed by atoms with Gasteiger partial charge in [-0.3, -0.25) is 0 Å². The maximum absolute atomic E-state index is 13.4. The third-order valence-electron chi connectivity index (χ3n) is 4.44. The molecule has 0 unspecified atom stereocenters. The number of aryl methyl sites for hydroxylation is 1. The van der Waals surface area contributed by atoms with Crippen LogP contribution in [0.5, 0.6) is 0 Å². The summed E-state index contributed by atoms with van der Waals surface area (Å²) in [7, 11) is 0. The van der Waals surface area contributed by atoms with E-state index in [0.717, 1.165) is 35.4 Å². The van der Waals surface area contributed by atoms with Gasteiger partial charge in [-0.15, -0.1) is 0 Å². The number of thioether (sulfide) groups is 1. The summed E-state index contributed by atoms with van der Waals surface area (Å²) in [5, 5.41) is 9.32. The fourth-order valence-corrected chi connectivity index (χ4v) is 3.37. The van der Waals surface area contributed by atoms with Crippen LogP contribution >= 0.6 is 11.8 Å². The molecule has 0 bridgehead atoms. The maximum Gasteiger partial charge on any atom is 0.191 e. The second-order valence-electron chi connectivity index (χ2n) is 6.02. The van der Waals surface area contributed by atoms with Gasteiger partial charge < -0.3 is 5.32 Å². The smallest absolute Gasteiger partial charge is 0.191 e. The Morgan fingerprint density at radius 3 is 2.84 bits per heavy atom. The second-order valence-corrected chi connectivity index (χ2v) is 6.80. The molecule has 1 N–H and O–H groups in total. The molecule has 2 heterocycles. The van der Waals surface area contributed by atoms with Crippen LogP contribution < -0.4 is 5.32 Å². The number of benzene rings is 1. The molecule has 2 aromatic heterocycles. The lowest BCUT2D eigenvalue weighted by atomic mass is 10.1. The summed E-state index contributed by atoms with van der Waals surface area (Å²) in [6, 6.07) is 4.24. The van der Waals surface area contributed by atoms with Gasteiger partial charge >= 0.3 is 0 Å². The Labute approximate surface area is 147 Å². The van der Waals surface area contributed by atoms with Crippen LogP contribution in [0.1, 0.15) is 24.8 Å². The summed E-state index contributed by atoms with van der Waals surface area (Å²) in [5.41, 5.74) is 1.60. The Morgan fingerprint density at radius 2 is 2.12 bits per heavy atom. The molecule has 3 aromatic rings. The molecule has 1 aliphatic carbocycles. The highest BCUT2D eigenvalue weighted by molar-refractivity contribution is 7.98. The number of hydrogen-bond donors (Lipinski definition) is 1. The van der Waals surface area contributed by atoms with E-state index in [1.54, 1.807) is 12.3 Å². The molecule has 0 spiro atoms. The van der Waals surface area contributed by atoms with Gasteiger partial charge in [-0.25, -0.2) is 23.4 Å². The Hall–Kier alpha value is -2.22. The van der Waals surface area contributed by atoms with Gasteiger partial charge in [-0.05, 0) is 37.3 Å². The molecule has 0 amide bonds. The molecular weight excluding hydrogens is 344 g/mol. The molecule has 0 radical (unpaired) electrons. The molecular formula is C17H17F2N5S. The Balaban J connectivity index is 1.61. The maximum atomic E-state index is 13.4. The summed E-state index contributed by atoms with van der Waals surface area (Å²) < 4.78 is 28.4. The lowest BCUT2D eigenvalue weighted by Gasteiger charge is -2.08. The zero-order chi connectivity index (χ0) is 17.6. The average molecular weight is 361 g/mol. The molecule has 8 heteroatoms. The fourth-order valence-electron chi connectivity index (χ4n) is 3.01. The third kappa shape index (κ3) is 2.95. The SMILES string of the molecule is CCn1ncc2c(N[C@@H]3C[C@H]3c3ccc(F)c(F)c3)nc(SC)nc21. The molecule has 1 fully saturated rings. The van der Waals surface area contributed by atoms with Gasteiger partial charge in [0, 0.05) is 18.5 Å². The van der Waals surface area contributed by atoms with Crippen molar-refractivity contribution in [1.82, 2.24) is 19.7 Å². The molecule has 1 saturated carbocycles. The number of rotatable bonds is 5. The number of halogens is 2. The number of fused-ring (bicyclic) bond motifs is 1. The van der Waals surface area contributed by atoms with Crippen LogP contribution in [0.2, 0.25) is 0 Å². The molecule has 5 nitrogen and oxygen atoms in total. The highest BCUT2D eigenvalue weighted by Gasteiger charge is 2.39. The van der Waals surface area contributed by atoms with Crippen molar-refractivity contribution < 1.29 is 8.78 Å². The lowest BCUT2D eigenvalue weighted by Crippen LogP contribution is -2.08. The summed E-state index contributed by atoms with van der Waals surface area (Å²) in [6.45, 7) is 2.75. The first-order chi connectivity index (χ1) is 12.1. The molecule has 0 aliphatic heterocycles. The number of anilines is 1. The molecule has 25 heavy (non-hydrogen) atoms. The number of nitrogens with zero attached hydrogens (tertiary/aromatic N) is 4. The average Bonchev–Trinajstić information content (AvgIpc) is 3.25. The van der Waals surface area contributed by atoms with Crippen molar-refractivity contribution in [1.29, 1.82) is 0 Å². The van der Waals surface area contributed by atoms with Crippen LogP contribution in [0.4, 0.5) is 14.6 Å². The van der Waals surface area contributed by atoms with Gasteiger partial charge in [0.1, 0.15) is 5.82 Å². The third-order valence-corrected chi connectivity index (χ3v) is 4.99. The summed E-state index contributed by atoms with van der Waals surface area (Å²) in [6.07, 6.45) is 4.55. The van der Waals surface area contributed by atoms with Crippen LogP contribution in [-0.2, 0) is 6.54 Å². The first-order valence-electron chi connectivity index (χ1n) is 8.09. The van der Waals surface area contributed by atoms with Crippen LogP contribution in [0.25, 0.3) is 11.0 Å². The second kappa shape index (κ2) is 6.25. The lowest BCUT2D eigenvalue weighted by molar-refractivity contribution is 0.507. The van der Waals surface area contributed by atoms with E-state index in [1.807, 2.05) is 17.9 Å². The standard InChI is InChI=1S/C17H17F2N5S/c1-3-24-16-11(8-20-24)15(22-17(23-16)25-2)21-14-7-10(14)9-4-5-12(18)13(19)6-9/h4-6,8,10,14H,3,7H2,1-2H3,(H,21,22,23)/t10-,14+/m0/s1. The van der Waals surface area contributed by atoms with Crippen molar-refractivity contribution in [2.45, 2.75) is 37.0 Å². The normalized spacial score (nSPS) is 19.4. The van der Waals surface area contributed by atoms with Crippen LogP contribution in [0.15, 0.2) is 29.6 Å². The van der Waals surface area contributed by atoms with E-state index in [2.05, 4.69) is 20.4 Å². The number of hydrogen-bond acceptors (Lipinski definition) is 5. The summed E-state index contributed by atoms with van der Waals surface area (Å²) in [5.74, 6) is -0.729. The number of nitrogens with one attached hydrogen (secondary N) is 1. The van der Waals surface area contributed by atoms with Crippen molar-refractivity contribution in [3.8, 4) is 0 Å². The molecule has 1 aromatic carbocycles. The topological polar surface area (TPSA) is 55.6 Å². The van der Waals surface area contributed by atoms with Crippen LogP contribution in [0, 0.1) is 11.6 Å². The zero-order valence-corrected chi connectivity index (χ0v) is 14.6. The van der Waals surface area contributed by atoms with E-state index >= 15 is 0 Å². The fraction of sp³-hybridized carbons (Fsp3) is 0.353. The highest BCUT2D eigenvalue weighted by Crippen LogP contribution is 2.43. The largest absolute Gasteiger partial charge is 0.366 e. The number of aromatic nitrogens is 4. The Morgan fingerprint density at radius 1 is 1.28 bits per heavy atom. The van der Waals surface area contributed by atoms with E-state index < -0.39 is 11.6 Å². The zero-order valence-electron chi connectivity index (χ0n) is 13.8. The summed E-state index contributed by atoms with van der Waals surface area (Å²) >= 11 is 1.47. The van der Waals surface area contributed by atoms with Crippen molar-refractivity contribution in [3.05, 3.63) is 41.6 Å². The predicted molar refractivity (Wildman–Crippen MR) is 93.9 cm³/mol. The first kappa shape index (κ1) is 16.3. The molecule has 0 saturated heterocycles. The van der Waals surface area contributed by atoms with Crippen LogP contribution in [0.3, 0.4) is 0 Å². The van der Waals surface area contributed by atoms with Crippen molar-refractivity contribution in [2.75, 3.05) is 11.6 Å². The van der Waals surface area contributed by atoms with Gasteiger partial charge in [0.2, 0.25) is 0 Å². The van der Waals surface area contributed by atoms with E-state index in [4.69, 9.17) is 0 Å². The van der Waals surface area contributed by atoms with E-state index in [0.29, 0.717) is 5.16 Å². The van der Waals surface area contributed by atoms with Crippen LogP contribution in [-0.4, -0.2) is 32.0 Å².